The van der Waals surface area contributed by atoms with E-state index in [4.69, 9.17) is 5.11 Å². The van der Waals surface area contributed by atoms with Gasteiger partial charge in [-0.3, -0.25) is 4.79 Å². The fourth-order valence-corrected chi connectivity index (χ4v) is 1.38. The molecule has 1 unspecified atom stereocenters. The van der Waals surface area contributed by atoms with Gasteiger partial charge in [0, 0.05) is 6.54 Å². The lowest BCUT2D eigenvalue weighted by Crippen LogP contribution is -2.20. The molecular weight excluding hydrogens is 202 g/mol. The van der Waals surface area contributed by atoms with Crippen molar-refractivity contribution < 1.29 is 9.90 Å². The van der Waals surface area contributed by atoms with E-state index in [-0.39, 0.29) is 5.92 Å². The normalized spacial score (nSPS) is 12.4. The van der Waals surface area contributed by atoms with E-state index in [2.05, 4.69) is 36.5 Å². The number of rotatable bonds is 6. The van der Waals surface area contributed by atoms with Crippen LogP contribution in [0.4, 0.5) is 0 Å². The predicted octanol–water partition coefficient (Wildman–Crippen LogP) is 2.20. The van der Waals surface area contributed by atoms with Gasteiger partial charge in [0.05, 0.1) is 5.92 Å². The second-order valence-corrected chi connectivity index (χ2v) is 4.19. The number of carbonyl (C=O) groups is 1. The first-order valence-electron chi connectivity index (χ1n) is 5.58. The molecule has 1 atom stereocenters. The van der Waals surface area contributed by atoms with E-state index in [0.717, 1.165) is 13.1 Å². The van der Waals surface area contributed by atoms with Crippen LogP contribution in [0.2, 0.25) is 0 Å². The van der Waals surface area contributed by atoms with Gasteiger partial charge in [0.1, 0.15) is 0 Å². The maximum atomic E-state index is 10.6. The molecule has 0 saturated carbocycles. The summed E-state index contributed by atoms with van der Waals surface area (Å²) in [6, 6.07) is 8.33. The summed E-state index contributed by atoms with van der Waals surface area (Å²) in [6.07, 6.45) is 0.668. The average Bonchev–Trinajstić information content (AvgIpc) is 2.26. The molecule has 0 aliphatic rings. The summed E-state index contributed by atoms with van der Waals surface area (Å²) in [5.41, 5.74) is 2.48. The molecule has 0 aliphatic heterocycles. The summed E-state index contributed by atoms with van der Waals surface area (Å²) in [6.45, 7) is 5.33. The molecule has 0 fully saturated rings. The quantitative estimate of drug-likeness (QED) is 0.724. The molecule has 0 radical (unpaired) electrons. The molecule has 0 aromatic heterocycles. The molecule has 1 aromatic rings. The first-order valence-corrected chi connectivity index (χ1v) is 5.58. The second-order valence-electron chi connectivity index (χ2n) is 4.19. The highest BCUT2D eigenvalue weighted by Gasteiger charge is 2.09. The number of aryl methyl sites for hydroxylation is 1. The Labute approximate surface area is 96.5 Å². The smallest absolute Gasteiger partial charge is 0.306 e. The van der Waals surface area contributed by atoms with Crippen molar-refractivity contribution in [3.8, 4) is 0 Å². The summed E-state index contributed by atoms with van der Waals surface area (Å²) in [5.74, 6) is -0.998. The van der Waals surface area contributed by atoms with Crippen molar-refractivity contribution in [1.29, 1.82) is 0 Å². The Hall–Kier alpha value is -1.35. The largest absolute Gasteiger partial charge is 0.481 e. The molecule has 0 amide bonds. The van der Waals surface area contributed by atoms with Crippen LogP contribution in [0, 0.1) is 12.8 Å². The lowest BCUT2D eigenvalue weighted by molar-refractivity contribution is -0.141. The Morgan fingerprint density at radius 3 is 2.56 bits per heavy atom. The third-order valence-electron chi connectivity index (χ3n) is 2.63. The minimum atomic E-state index is -0.725. The Morgan fingerprint density at radius 2 is 2.00 bits per heavy atom. The maximum absolute atomic E-state index is 10.6. The summed E-state index contributed by atoms with van der Waals surface area (Å²) in [5, 5.41) is 11.9. The van der Waals surface area contributed by atoms with Crippen LogP contribution in [0.5, 0.6) is 0 Å². The fraction of sp³-hybridized carbons (Fsp3) is 0.462. The highest BCUT2D eigenvalue weighted by atomic mass is 16.4. The Balaban J connectivity index is 2.21. The van der Waals surface area contributed by atoms with Crippen LogP contribution >= 0.6 is 0 Å². The summed E-state index contributed by atoms with van der Waals surface area (Å²) < 4.78 is 0. The van der Waals surface area contributed by atoms with Gasteiger partial charge in [0.25, 0.3) is 0 Å². The number of hydrogen-bond acceptors (Lipinski definition) is 2. The number of benzene rings is 1. The van der Waals surface area contributed by atoms with Gasteiger partial charge in [0.15, 0.2) is 0 Å². The van der Waals surface area contributed by atoms with E-state index in [1.807, 2.05) is 0 Å². The third-order valence-corrected chi connectivity index (χ3v) is 2.63. The van der Waals surface area contributed by atoms with Crippen molar-refractivity contribution in [2.24, 2.45) is 5.92 Å². The molecule has 3 nitrogen and oxygen atoms in total. The van der Waals surface area contributed by atoms with Gasteiger partial charge >= 0.3 is 5.97 Å². The van der Waals surface area contributed by atoms with Crippen LogP contribution in [0.15, 0.2) is 24.3 Å². The van der Waals surface area contributed by atoms with Crippen LogP contribution in [0.1, 0.15) is 24.5 Å². The van der Waals surface area contributed by atoms with Crippen LogP contribution in [0.25, 0.3) is 0 Å². The number of hydrogen-bond donors (Lipinski definition) is 2. The highest BCUT2D eigenvalue weighted by Crippen LogP contribution is 2.03. The van der Waals surface area contributed by atoms with Crippen LogP contribution < -0.4 is 5.32 Å². The summed E-state index contributed by atoms with van der Waals surface area (Å²) >= 11 is 0. The minimum absolute atomic E-state index is 0.273. The number of carboxylic acids is 1. The molecule has 0 bridgehead atoms. The number of aliphatic carboxylic acids is 1. The second kappa shape index (κ2) is 6.28. The number of nitrogens with one attached hydrogen (secondary N) is 1. The zero-order valence-corrected chi connectivity index (χ0v) is 9.86. The Morgan fingerprint density at radius 1 is 1.38 bits per heavy atom. The van der Waals surface area contributed by atoms with Gasteiger partial charge in [-0.05, 0) is 25.5 Å². The monoisotopic (exact) mass is 221 g/mol. The average molecular weight is 221 g/mol. The highest BCUT2D eigenvalue weighted by molar-refractivity contribution is 5.69. The van der Waals surface area contributed by atoms with Gasteiger partial charge in [-0.1, -0.05) is 36.8 Å². The van der Waals surface area contributed by atoms with E-state index in [9.17, 15) is 4.79 Å². The van der Waals surface area contributed by atoms with E-state index >= 15 is 0 Å². The first-order chi connectivity index (χ1) is 7.59. The van der Waals surface area contributed by atoms with Gasteiger partial charge in [-0.15, -0.1) is 0 Å². The topological polar surface area (TPSA) is 49.3 Å². The molecule has 0 heterocycles. The van der Waals surface area contributed by atoms with Crippen molar-refractivity contribution in [3.05, 3.63) is 35.4 Å². The zero-order valence-electron chi connectivity index (χ0n) is 9.86. The maximum Gasteiger partial charge on any atom is 0.306 e. The van der Waals surface area contributed by atoms with E-state index in [1.54, 1.807) is 6.92 Å². The molecule has 88 valence electrons. The van der Waals surface area contributed by atoms with Gasteiger partial charge < -0.3 is 10.4 Å². The Bertz CT molecular complexity index is 332. The van der Waals surface area contributed by atoms with Gasteiger partial charge in [-0.2, -0.15) is 0 Å². The molecule has 16 heavy (non-hydrogen) atoms. The predicted molar refractivity (Wildman–Crippen MR) is 64.3 cm³/mol. The van der Waals surface area contributed by atoms with Crippen LogP contribution in [-0.4, -0.2) is 17.6 Å². The molecule has 0 aliphatic carbocycles. The summed E-state index contributed by atoms with van der Waals surface area (Å²) in [4.78, 5) is 10.6. The van der Waals surface area contributed by atoms with E-state index in [1.165, 1.54) is 11.1 Å². The summed E-state index contributed by atoms with van der Waals surface area (Å²) in [7, 11) is 0. The standard InChI is InChI=1S/C13H19NO2/c1-10-3-5-12(6-4-10)9-14-8-7-11(2)13(15)16/h3-6,11,14H,7-9H2,1-2H3,(H,15,16). The molecule has 1 aromatic carbocycles. The van der Waals surface area contributed by atoms with Crippen LogP contribution in [0.3, 0.4) is 0 Å². The molecular formula is C13H19NO2. The minimum Gasteiger partial charge on any atom is -0.481 e. The molecule has 0 spiro atoms. The lowest BCUT2D eigenvalue weighted by atomic mass is 10.1. The fourth-order valence-electron chi connectivity index (χ4n) is 1.38. The van der Waals surface area contributed by atoms with Crippen LogP contribution in [-0.2, 0) is 11.3 Å². The number of carboxylic acid groups (broad SMARTS) is 1. The first kappa shape index (κ1) is 12.7. The van der Waals surface area contributed by atoms with Crippen molar-refractivity contribution in [3.63, 3.8) is 0 Å². The molecule has 1 rings (SSSR count). The van der Waals surface area contributed by atoms with Gasteiger partial charge in [0.2, 0.25) is 0 Å². The van der Waals surface area contributed by atoms with Crippen molar-refractivity contribution in [2.45, 2.75) is 26.8 Å². The lowest BCUT2D eigenvalue weighted by Gasteiger charge is -2.07. The van der Waals surface area contributed by atoms with E-state index in [0.29, 0.717) is 6.42 Å². The molecule has 3 heteroatoms. The van der Waals surface area contributed by atoms with Crippen molar-refractivity contribution in [1.82, 2.24) is 5.32 Å². The zero-order chi connectivity index (χ0) is 12.0. The third kappa shape index (κ3) is 4.45. The Kier molecular flexibility index (Phi) is 4.99. The van der Waals surface area contributed by atoms with Crippen molar-refractivity contribution in [2.75, 3.05) is 6.54 Å². The molecule has 2 N–H and O–H groups in total. The molecule has 0 saturated heterocycles. The van der Waals surface area contributed by atoms with Gasteiger partial charge in [-0.25, -0.2) is 0 Å². The van der Waals surface area contributed by atoms with E-state index < -0.39 is 5.97 Å². The SMILES string of the molecule is Cc1ccc(CNCCC(C)C(=O)O)cc1. The van der Waals surface area contributed by atoms with Crippen molar-refractivity contribution >= 4 is 5.97 Å².